The average Bonchev–Trinajstić information content (AvgIpc) is 2.99. The molecule has 0 aliphatic carbocycles. The van der Waals surface area contributed by atoms with Crippen molar-refractivity contribution >= 4 is 27.5 Å². The van der Waals surface area contributed by atoms with Gasteiger partial charge in [0, 0.05) is 7.05 Å². The molecule has 0 bridgehead atoms. The second-order valence-corrected chi connectivity index (χ2v) is 6.55. The molecule has 0 atom stereocenters. The van der Waals surface area contributed by atoms with Crippen LogP contribution in [0.1, 0.15) is 33.4 Å². The molecule has 3 aromatic heterocycles. The molecule has 3 rings (SSSR count). The zero-order chi connectivity index (χ0) is 17.4. The van der Waals surface area contributed by atoms with E-state index in [-0.39, 0.29) is 18.0 Å². The molecule has 124 valence electrons. The Hall–Kier alpha value is -2.61. The number of aromatic nitrogens is 4. The van der Waals surface area contributed by atoms with Crippen molar-refractivity contribution in [3.05, 3.63) is 50.4 Å². The Morgan fingerprint density at radius 1 is 1.17 bits per heavy atom. The van der Waals surface area contributed by atoms with E-state index in [0.717, 1.165) is 11.4 Å². The van der Waals surface area contributed by atoms with E-state index < -0.39 is 0 Å². The Morgan fingerprint density at radius 3 is 2.62 bits per heavy atom. The summed E-state index contributed by atoms with van der Waals surface area (Å²) in [5, 5.41) is 1.82. The SMILES string of the molecule is Cc1nc(C)c(C(=O)N(C)Cc2nc3ccsc3c(=O)[nH]2)nc1C. The Kier molecular flexibility index (Phi) is 4.15. The van der Waals surface area contributed by atoms with E-state index in [1.54, 1.807) is 20.0 Å². The lowest BCUT2D eigenvalue weighted by Gasteiger charge is -2.17. The van der Waals surface area contributed by atoms with Crippen LogP contribution in [0.15, 0.2) is 16.2 Å². The molecule has 0 unspecified atom stereocenters. The summed E-state index contributed by atoms with van der Waals surface area (Å²) in [4.78, 5) is 41.9. The minimum absolute atomic E-state index is 0.187. The van der Waals surface area contributed by atoms with Gasteiger partial charge < -0.3 is 9.88 Å². The number of nitrogens with zero attached hydrogens (tertiary/aromatic N) is 4. The summed E-state index contributed by atoms with van der Waals surface area (Å²) in [6, 6.07) is 1.79. The Morgan fingerprint density at radius 2 is 1.88 bits per heavy atom. The third-order valence-electron chi connectivity index (χ3n) is 3.78. The Bertz CT molecular complexity index is 992. The largest absolute Gasteiger partial charge is 0.333 e. The number of carbonyl (C=O) groups excluding carboxylic acids is 1. The first-order chi connectivity index (χ1) is 11.4. The van der Waals surface area contributed by atoms with Crippen LogP contribution in [0.25, 0.3) is 10.2 Å². The number of aromatic amines is 1. The van der Waals surface area contributed by atoms with Crippen molar-refractivity contribution in [2.75, 3.05) is 7.05 Å². The maximum absolute atomic E-state index is 12.6. The summed E-state index contributed by atoms with van der Waals surface area (Å²) in [6.07, 6.45) is 0. The topological polar surface area (TPSA) is 91.8 Å². The molecule has 24 heavy (non-hydrogen) atoms. The number of nitrogens with one attached hydrogen (secondary N) is 1. The highest BCUT2D eigenvalue weighted by molar-refractivity contribution is 7.17. The standard InChI is InChI=1S/C16H17N5O2S/c1-8-9(2)18-13(10(3)17-8)16(23)21(4)7-12-19-11-5-6-24-14(11)15(22)20-12/h5-6H,7H2,1-4H3,(H,19,20,22). The van der Waals surface area contributed by atoms with Gasteiger partial charge >= 0.3 is 0 Å². The molecule has 8 heteroatoms. The van der Waals surface area contributed by atoms with Crippen molar-refractivity contribution in [3.63, 3.8) is 0 Å². The zero-order valence-electron chi connectivity index (χ0n) is 13.9. The highest BCUT2D eigenvalue weighted by atomic mass is 32.1. The molecule has 0 saturated heterocycles. The minimum Gasteiger partial charge on any atom is -0.333 e. The lowest BCUT2D eigenvalue weighted by molar-refractivity contribution is 0.0774. The zero-order valence-corrected chi connectivity index (χ0v) is 14.7. The van der Waals surface area contributed by atoms with Gasteiger partial charge in [0.25, 0.3) is 11.5 Å². The maximum Gasteiger partial charge on any atom is 0.274 e. The van der Waals surface area contributed by atoms with Crippen molar-refractivity contribution < 1.29 is 4.79 Å². The second kappa shape index (κ2) is 6.12. The van der Waals surface area contributed by atoms with E-state index in [1.165, 1.54) is 16.2 Å². The van der Waals surface area contributed by atoms with Gasteiger partial charge in [0.15, 0.2) is 0 Å². The molecule has 3 aromatic rings. The van der Waals surface area contributed by atoms with Gasteiger partial charge in [-0.15, -0.1) is 11.3 Å². The molecular weight excluding hydrogens is 326 g/mol. The third-order valence-corrected chi connectivity index (χ3v) is 4.68. The van der Waals surface area contributed by atoms with E-state index in [4.69, 9.17) is 0 Å². The minimum atomic E-state index is -0.254. The quantitative estimate of drug-likeness (QED) is 0.785. The molecule has 0 radical (unpaired) electrons. The smallest absolute Gasteiger partial charge is 0.274 e. The van der Waals surface area contributed by atoms with E-state index in [0.29, 0.717) is 27.4 Å². The number of hydrogen-bond donors (Lipinski definition) is 1. The molecule has 0 aromatic carbocycles. The van der Waals surface area contributed by atoms with Crippen LogP contribution in [0.3, 0.4) is 0 Å². The summed E-state index contributed by atoms with van der Waals surface area (Å²) < 4.78 is 0.587. The van der Waals surface area contributed by atoms with Crippen molar-refractivity contribution in [2.24, 2.45) is 0 Å². The van der Waals surface area contributed by atoms with Crippen molar-refractivity contribution in [3.8, 4) is 0 Å². The summed E-state index contributed by atoms with van der Waals surface area (Å²) >= 11 is 1.34. The number of carbonyl (C=O) groups is 1. The van der Waals surface area contributed by atoms with E-state index in [9.17, 15) is 9.59 Å². The summed E-state index contributed by atoms with van der Waals surface area (Å²) in [5.74, 6) is 0.187. The number of hydrogen-bond acceptors (Lipinski definition) is 6. The van der Waals surface area contributed by atoms with Gasteiger partial charge in [-0.05, 0) is 32.2 Å². The van der Waals surface area contributed by atoms with Crippen LogP contribution in [-0.4, -0.2) is 37.8 Å². The van der Waals surface area contributed by atoms with Crippen molar-refractivity contribution in [1.29, 1.82) is 0 Å². The van der Waals surface area contributed by atoms with E-state index in [1.807, 2.05) is 19.2 Å². The highest BCUT2D eigenvalue weighted by Crippen LogP contribution is 2.15. The molecule has 0 aliphatic rings. The van der Waals surface area contributed by atoms with Gasteiger partial charge in [-0.1, -0.05) is 0 Å². The number of rotatable bonds is 3. The van der Waals surface area contributed by atoms with Crippen LogP contribution in [-0.2, 0) is 6.54 Å². The van der Waals surface area contributed by atoms with Gasteiger partial charge in [0.05, 0.1) is 29.1 Å². The molecule has 0 fully saturated rings. The molecule has 7 nitrogen and oxygen atoms in total. The van der Waals surface area contributed by atoms with Gasteiger partial charge in [-0.2, -0.15) is 0 Å². The first-order valence-electron chi connectivity index (χ1n) is 7.40. The first kappa shape index (κ1) is 16.3. The number of amides is 1. The molecule has 0 saturated carbocycles. The maximum atomic E-state index is 12.6. The van der Waals surface area contributed by atoms with Crippen LogP contribution in [0, 0.1) is 20.8 Å². The molecule has 3 heterocycles. The van der Waals surface area contributed by atoms with Crippen LogP contribution in [0.2, 0.25) is 0 Å². The Labute approximate surface area is 142 Å². The van der Waals surface area contributed by atoms with Crippen LogP contribution in [0.5, 0.6) is 0 Å². The van der Waals surface area contributed by atoms with Crippen molar-refractivity contribution in [1.82, 2.24) is 24.8 Å². The Balaban J connectivity index is 1.88. The lowest BCUT2D eigenvalue weighted by atomic mass is 10.2. The predicted octanol–water partition coefficient (Wildman–Crippen LogP) is 1.97. The van der Waals surface area contributed by atoms with Crippen LogP contribution < -0.4 is 5.56 Å². The van der Waals surface area contributed by atoms with Gasteiger partial charge in [0.1, 0.15) is 16.2 Å². The third kappa shape index (κ3) is 2.92. The number of aryl methyl sites for hydroxylation is 3. The molecular formula is C16H17N5O2S. The van der Waals surface area contributed by atoms with Crippen LogP contribution >= 0.6 is 11.3 Å². The van der Waals surface area contributed by atoms with Crippen LogP contribution in [0.4, 0.5) is 0 Å². The summed E-state index contributed by atoms with van der Waals surface area (Å²) in [5.41, 5.74) is 2.89. The monoisotopic (exact) mass is 343 g/mol. The normalized spacial score (nSPS) is 11.0. The molecule has 0 aliphatic heterocycles. The fourth-order valence-electron chi connectivity index (χ4n) is 2.39. The van der Waals surface area contributed by atoms with E-state index >= 15 is 0 Å². The lowest BCUT2D eigenvalue weighted by Crippen LogP contribution is -2.30. The number of H-pyrrole nitrogens is 1. The van der Waals surface area contributed by atoms with E-state index in [2.05, 4.69) is 19.9 Å². The highest BCUT2D eigenvalue weighted by Gasteiger charge is 2.19. The number of thiophene rings is 1. The van der Waals surface area contributed by atoms with Gasteiger partial charge in [-0.3, -0.25) is 14.6 Å². The fraction of sp³-hybridized carbons (Fsp3) is 0.312. The predicted molar refractivity (Wildman–Crippen MR) is 92.3 cm³/mol. The first-order valence-corrected chi connectivity index (χ1v) is 8.28. The van der Waals surface area contributed by atoms with Gasteiger partial charge in [0.2, 0.25) is 0 Å². The summed E-state index contributed by atoms with van der Waals surface area (Å²) in [6.45, 7) is 5.63. The molecule has 1 amide bonds. The summed E-state index contributed by atoms with van der Waals surface area (Å²) in [7, 11) is 1.65. The molecule has 0 spiro atoms. The number of fused-ring (bicyclic) bond motifs is 1. The van der Waals surface area contributed by atoms with Gasteiger partial charge in [-0.25, -0.2) is 9.97 Å². The van der Waals surface area contributed by atoms with Crippen molar-refractivity contribution in [2.45, 2.75) is 27.3 Å². The average molecular weight is 343 g/mol. The molecule has 1 N–H and O–H groups in total. The fourth-order valence-corrected chi connectivity index (χ4v) is 3.12. The second-order valence-electron chi connectivity index (χ2n) is 5.64.